The molecular formula is C9H19BF4NO-. The van der Waals surface area contributed by atoms with Gasteiger partial charge in [0.2, 0.25) is 0 Å². The Kier molecular flexibility index (Phi) is 4.82. The molecule has 0 radical (unpaired) electrons. The van der Waals surface area contributed by atoms with Crippen LogP contribution in [0.5, 0.6) is 0 Å². The lowest BCUT2D eigenvalue weighted by atomic mass is 9.82. The van der Waals surface area contributed by atoms with Crippen molar-refractivity contribution in [3.63, 3.8) is 0 Å². The van der Waals surface area contributed by atoms with Crippen molar-refractivity contribution >= 4 is 7.25 Å². The van der Waals surface area contributed by atoms with Crippen LogP contribution in [0.25, 0.3) is 0 Å². The molecule has 0 unspecified atom stereocenters. The first-order valence-electron chi connectivity index (χ1n) is 5.23. The summed E-state index contributed by atoms with van der Waals surface area (Å²) in [5.41, 5.74) is -0.0799. The van der Waals surface area contributed by atoms with Crippen LogP contribution in [0.15, 0.2) is 0 Å². The second kappa shape index (κ2) is 4.92. The van der Waals surface area contributed by atoms with E-state index in [1.165, 1.54) is 11.5 Å². The van der Waals surface area contributed by atoms with Gasteiger partial charge in [0.15, 0.2) is 0 Å². The van der Waals surface area contributed by atoms with Gasteiger partial charge in [-0.3, -0.25) is 0 Å². The maximum absolute atomic E-state index is 9.80. The molecule has 7 heteroatoms. The molecule has 0 atom stereocenters. The quantitative estimate of drug-likeness (QED) is 0.518. The summed E-state index contributed by atoms with van der Waals surface area (Å²) in [4.78, 5) is 0. The van der Waals surface area contributed by atoms with Crippen LogP contribution in [0.4, 0.5) is 17.3 Å². The van der Waals surface area contributed by atoms with E-state index in [4.69, 9.17) is 0 Å². The Morgan fingerprint density at radius 1 is 0.938 bits per heavy atom. The molecule has 0 spiro atoms. The lowest BCUT2D eigenvalue weighted by Gasteiger charge is -2.48. The SMILES string of the molecule is CC1(C)CCCC(C)(C)N1O.F[B-](F)(F)F. The number of hydrogen-bond donors (Lipinski definition) is 1. The van der Waals surface area contributed by atoms with Gasteiger partial charge < -0.3 is 22.5 Å². The number of rotatable bonds is 0. The van der Waals surface area contributed by atoms with Crippen molar-refractivity contribution in [2.24, 2.45) is 0 Å². The first kappa shape index (κ1) is 15.7. The first-order valence-corrected chi connectivity index (χ1v) is 5.23. The highest BCUT2D eigenvalue weighted by Gasteiger charge is 2.40. The molecule has 0 aliphatic carbocycles. The molecule has 0 aromatic heterocycles. The van der Waals surface area contributed by atoms with Crippen LogP contribution < -0.4 is 0 Å². The Morgan fingerprint density at radius 2 is 1.19 bits per heavy atom. The van der Waals surface area contributed by atoms with Crippen molar-refractivity contribution in [3.8, 4) is 0 Å². The van der Waals surface area contributed by atoms with Crippen molar-refractivity contribution in [2.45, 2.75) is 58.0 Å². The third-order valence-corrected chi connectivity index (χ3v) is 2.72. The van der Waals surface area contributed by atoms with Crippen molar-refractivity contribution < 1.29 is 22.5 Å². The molecule has 0 aromatic carbocycles. The van der Waals surface area contributed by atoms with E-state index in [0.29, 0.717) is 0 Å². The molecule has 1 N–H and O–H groups in total. The number of piperidine rings is 1. The summed E-state index contributed by atoms with van der Waals surface area (Å²) in [7, 11) is -6.00. The second-order valence-corrected chi connectivity index (χ2v) is 5.29. The fraction of sp³-hybridized carbons (Fsp3) is 1.00. The van der Waals surface area contributed by atoms with Crippen molar-refractivity contribution in [1.29, 1.82) is 0 Å². The van der Waals surface area contributed by atoms with Crippen molar-refractivity contribution in [3.05, 3.63) is 0 Å². The zero-order valence-electron chi connectivity index (χ0n) is 10.1. The largest absolute Gasteiger partial charge is 0.673 e. The van der Waals surface area contributed by atoms with Gasteiger partial charge in [-0.05, 0) is 47.0 Å². The summed E-state index contributed by atoms with van der Waals surface area (Å²) in [6, 6.07) is 0. The molecule has 1 heterocycles. The minimum Gasteiger partial charge on any atom is -0.418 e. The van der Waals surface area contributed by atoms with E-state index in [9.17, 15) is 22.5 Å². The van der Waals surface area contributed by atoms with Crippen LogP contribution in [0.1, 0.15) is 47.0 Å². The van der Waals surface area contributed by atoms with E-state index < -0.39 is 7.25 Å². The van der Waals surface area contributed by atoms with Crippen LogP contribution in [-0.4, -0.2) is 28.6 Å². The van der Waals surface area contributed by atoms with Gasteiger partial charge in [0.05, 0.1) is 0 Å². The van der Waals surface area contributed by atoms with Gasteiger partial charge in [0.1, 0.15) is 0 Å². The minimum atomic E-state index is -6.00. The zero-order chi connectivity index (χ0) is 13.2. The molecule has 1 rings (SSSR count). The van der Waals surface area contributed by atoms with E-state index in [0.717, 1.165) is 12.8 Å². The molecule has 98 valence electrons. The standard InChI is InChI=1S/C9H19NO.BF4/c1-8(2)6-5-7-9(3,4)10(8)11;2-1(3,4)5/h11H,5-7H2,1-4H3;/q;-1. The summed E-state index contributed by atoms with van der Waals surface area (Å²) >= 11 is 0. The Bertz CT molecular complexity index is 208. The van der Waals surface area contributed by atoms with Crippen LogP contribution in [0.2, 0.25) is 0 Å². The number of hydrogen-bond acceptors (Lipinski definition) is 2. The predicted molar refractivity (Wildman–Crippen MR) is 55.8 cm³/mol. The first-order chi connectivity index (χ1) is 6.86. The molecule has 0 aromatic rings. The minimum absolute atomic E-state index is 0.0399. The predicted octanol–water partition coefficient (Wildman–Crippen LogP) is 3.72. The van der Waals surface area contributed by atoms with Gasteiger partial charge in [0, 0.05) is 11.1 Å². The van der Waals surface area contributed by atoms with Crippen LogP contribution in [-0.2, 0) is 0 Å². The van der Waals surface area contributed by atoms with Gasteiger partial charge in [0.25, 0.3) is 0 Å². The third-order valence-electron chi connectivity index (χ3n) is 2.72. The molecule has 16 heavy (non-hydrogen) atoms. The molecule has 1 saturated heterocycles. The molecule has 1 fully saturated rings. The zero-order valence-corrected chi connectivity index (χ0v) is 10.1. The summed E-state index contributed by atoms with van der Waals surface area (Å²) in [6.07, 6.45) is 3.40. The van der Waals surface area contributed by atoms with Gasteiger partial charge in [-0.2, -0.15) is 5.06 Å². The van der Waals surface area contributed by atoms with Crippen LogP contribution >= 0.6 is 0 Å². The van der Waals surface area contributed by atoms with Crippen LogP contribution in [0, 0.1) is 0 Å². The lowest BCUT2D eigenvalue weighted by molar-refractivity contribution is -0.241. The highest BCUT2D eigenvalue weighted by Crippen LogP contribution is 2.35. The maximum atomic E-state index is 9.80. The Hall–Kier alpha value is -0.295. The number of nitrogens with zero attached hydrogens (tertiary/aromatic N) is 1. The fourth-order valence-electron chi connectivity index (χ4n) is 1.98. The van der Waals surface area contributed by atoms with E-state index in [2.05, 4.69) is 27.7 Å². The topological polar surface area (TPSA) is 23.5 Å². The maximum Gasteiger partial charge on any atom is 0.673 e. The Labute approximate surface area is 93.7 Å². The van der Waals surface area contributed by atoms with Gasteiger partial charge >= 0.3 is 7.25 Å². The Balaban J connectivity index is 0.000000385. The molecule has 0 bridgehead atoms. The number of hydroxylamine groups is 2. The smallest absolute Gasteiger partial charge is 0.418 e. The summed E-state index contributed by atoms with van der Waals surface area (Å²) < 4.78 is 39.0. The summed E-state index contributed by atoms with van der Waals surface area (Å²) in [5.74, 6) is 0. The molecule has 0 saturated carbocycles. The van der Waals surface area contributed by atoms with Gasteiger partial charge in [-0.15, -0.1) is 0 Å². The highest BCUT2D eigenvalue weighted by molar-refractivity contribution is 6.50. The van der Waals surface area contributed by atoms with Gasteiger partial charge in [-0.1, -0.05) is 0 Å². The molecule has 0 amide bonds. The van der Waals surface area contributed by atoms with E-state index in [1.54, 1.807) is 0 Å². The monoisotopic (exact) mass is 244 g/mol. The van der Waals surface area contributed by atoms with E-state index in [-0.39, 0.29) is 11.1 Å². The average Bonchev–Trinajstić information content (AvgIpc) is 1.96. The normalized spacial score (nSPS) is 24.6. The average molecular weight is 244 g/mol. The van der Waals surface area contributed by atoms with E-state index in [1.807, 2.05) is 0 Å². The molecule has 1 aliphatic heterocycles. The summed E-state index contributed by atoms with van der Waals surface area (Å²) in [5, 5.41) is 11.3. The lowest BCUT2D eigenvalue weighted by Crippen LogP contribution is -2.56. The molecule has 1 aliphatic rings. The highest BCUT2D eigenvalue weighted by atomic mass is 19.5. The van der Waals surface area contributed by atoms with Crippen LogP contribution in [0.3, 0.4) is 0 Å². The second-order valence-electron chi connectivity index (χ2n) is 5.29. The molecule has 2 nitrogen and oxygen atoms in total. The van der Waals surface area contributed by atoms with Crippen molar-refractivity contribution in [2.75, 3.05) is 0 Å². The summed E-state index contributed by atoms with van der Waals surface area (Å²) in [6.45, 7) is 8.36. The van der Waals surface area contributed by atoms with E-state index >= 15 is 0 Å². The number of halogens is 4. The van der Waals surface area contributed by atoms with Gasteiger partial charge in [-0.25, -0.2) is 0 Å². The molecular weight excluding hydrogens is 225 g/mol. The fourth-order valence-corrected chi connectivity index (χ4v) is 1.98. The Morgan fingerprint density at radius 3 is 1.38 bits per heavy atom. The third kappa shape index (κ3) is 5.70. The van der Waals surface area contributed by atoms with Crippen molar-refractivity contribution in [1.82, 2.24) is 5.06 Å².